The molecule has 1 unspecified atom stereocenters. The average Bonchev–Trinajstić information content (AvgIpc) is 2.75. The lowest BCUT2D eigenvalue weighted by atomic mass is 9.53. The van der Waals surface area contributed by atoms with E-state index in [0.717, 1.165) is 23.0 Å². The molecule has 0 N–H and O–H groups in total. The van der Waals surface area contributed by atoms with Crippen LogP contribution >= 0.6 is 0 Å². The van der Waals surface area contributed by atoms with Crippen LogP contribution in [0, 0.1) is 23.7 Å². The summed E-state index contributed by atoms with van der Waals surface area (Å²) in [6.45, 7) is 10.0. The molecule has 4 bridgehead atoms. The Morgan fingerprint density at radius 3 is 2.44 bits per heavy atom. The summed E-state index contributed by atoms with van der Waals surface area (Å²) in [5, 5.41) is 0. The van der Waals surface area contributed by atoms with Gasteiger partial charge in [0, 0.05) is 18.8 Å². The van der Waals surface area contributed by atoms with Gasteiger partial charge in [0.2, 0.25) is 5.79 Å². The lowest BCUT2D eigenvalue weighted by molar-refractivity contribution is -0.517. The van der Waals surface area contributed by atoms with E-state index in [9.17, 15) is 4.79 Å². The van der Waals surface area contributed by atoms with Gasteiger partial charge in [0.25, 0.3) is 0 Å². The van der Waals surface area contributed by atoms with Gasteiger partial charge in [0.05, 0.1) is 6.61 Å². The van der Waals surface area contributed by atoms with Crippen molar-refractivity contribution in [3.05, 3.63) is 36.4 Å². The van der Waals surface area contributed by atoms with Crippen LogP contribution in [0.3, 0.4) is 0 Å². The monoisotopic (exact) mass is 442 g/mol. The van der Waals surface area contributed by atoms with Crippen LogP contribution in [0.2, 0.25) is 0 Å². The van der Waals surface area contributed by atoms with Crippen LogP contribution in [0.25, 0.3) is 5.57 Å². The van der Waals surface area contributed by atoms with Gasteiger partial charge in [-0.25, -0.2) is 4.89 Å². The fraction of sp³-hybridized carbons (Fsp3) is 0.654. The minimum absolute atomic E-state index is 0.174. The smallest absolute Gasteiger partial charge is 0.302 e. The summed E-state index contributed by atoms with van der Waals surface area (Å²) in [5.41, 5.74) is 1.06. The van der Waals surface area contributed by atoms with Crippen molar-refractivity contribution in [1.29, 1.82) is 0 Å². The van der Waals surface area contributed by atoms with Crippen molar-refractivity contribution < 1.29 is 28.8 Å². The lowest BCUT2D eigenvalue weighted by Gasteiger charge is -2.60. The van der Waals surface area contributed by atoms with E-state index in [0.29, 0.717) is 24.2 Å². The number of benzene rings is 1. The van der Waals surface area contributed by atoms with Crippen LogP contribution in [0.15, 0.2) is 30.8 Å². The van der Waals surface area contributed by atoms with Crippen molar-refractivity contribution in [2.24, 2.45) is 23.7 Å². The lowest BCUT2D eigenvalue weighted by Crippen LogP contribution is -2.63. The first-order chi connectivity index (χ1) is 15.2. The minimum atomic E-state index is -0.648. The van der Waals surface area contributed by atoms with E-state index in [1.807, 2.05) is 38.1 Å². The van der Waals surface area contributed by atoms with Crippen LogP contribution in [0.5, 0.6) is 5.75 Å². The molecule has 1 aliphatic heterocycles. The number of carbonyl (C=O) groups is 1. The third kappa shape index (κ3) is 4.09. The Hall–Kier alpha value is -1.89. The van der Waals surface area contributed by atoms with E-state index < -0.39 is 11.4 Å². The van der Waals surface area contributed by atoms with Gasteiger partial charge >= 0.3 is 5.97 Å². The Kier molecular flexibility index (Phi) is 5.59. The first-order valence-electron chi connectivity index (χ1n) is 11.8. The molecule has 6 nitrogen and oxygen atoms in total. The highest BCUT2D eigenvalue weighted by Gasteiger charge is 2.61. The summed E-state index contributed by atoms with van der Waals surface area (Å²) in [4.78, 5) is 23.2. The van der Waals surface area contributed by atoms with Crippen molar-refractivity contribution in [3.8, 4) is 5.75 Å². The molecule has 32 heavy (non-hydrogen) atoms. The largest absolute Gasteiger partial charge is 0.484 e. The minimum Gasteiger partial charge on any atom is -0.484 e. The van der Waals surface area contributed by atoms with Gasteiger partial charge < -0.3 is 14.2 Å². The Morgan fingerprint density at radius 2 is 1.84 bits per heavy atom. The predicted octanol–water partition coefficient (Wildman–Crippen LogP) is 4.92. The topological polar surface area (TPSA) is 63.2 Å². The Bertz CT molecular complexity index is 852. The fourth-order valence-electron chi connectivity index (χ4n) is 6.33. The first-order valence-corrected chi connectivity index (χ1v) is 11.8. The van der Waals surface area contributed by atoms with E-state index in [2.05, 4.69) is 6.58 Å². The SMILES string of the molecule is C=C(c1cccc(OC(C)(C)COC(C)=O)c1)C1COC2(OO1)C1CC3CC(C1)CC2C3. The number of carbonyl (C=O) groups excluding carboxylic acids is 1. The molecule has 4 aliphatic carbocycles. The molecule has 0 aromatic heterocycles. The summed E-state index contributed by atoms with van der Waals surface area (Å²) in [6, 6.07) is 7.70. The normalized spacial score (nSPS) is 35.7. The van der Waals surface area contributed by atoms with Crippen molar-refractivity contribution in [2.75, 3.05) is 13.2 Å². The van der Waals surface area contributed by atoms with Crippen LogP contribution in [0.1, 0.15) is 58.4 Å². The molecule has 1 atom stereocenters. The van der Waals surface area contributed by atoms with E-state index >= 15 is 0 Å². The summed E-state index contributed by atoms with van der Waals surface area (Å²) in [7, 11) is 0. The van der Waals surface area contributed by atoms with Crippen LogP contribution < -0.4 is 4.74 Å². The van der Waals surface area contributed by atoms with Crippen LogP contribution in [0.4, 0.5) is 0 Å². The summed E-state index contributed by atoms with van der Waals surface area (Å²) in [6.07, 6.45) is 5.82. The highest BCUT2D eigenvalue weighted by atomic mass is 17.2. The maximum absolute atomic E-state index is 11.1. The second-order valence-electron chi connectivity index (χ2n) is 10.7. The molecule has 0 amide bonds. The number of hydrogen-bond acceptors (Lipinski definition) is 6. The standard InChI is InChI=1S/C26H34O6/c1-16(20-6-5-7-23(13-20)30-25(3,4)15-28-17(2)27)24-14-29-26(32-31-24)21-9-18-8-19(11-21)12-22(26)10-18/h5-7,13,18-19,21-22,24H,1,8-12,14-15H2,2-4H3. The Balaban J connectivity index is 1.22. The summed E-state index contributed by atoms with van der Waals surface area (Å²) < 4.78 is 17.7. The van der Waals surface area contributed by atoms with Gasteiger partial charge in [-0.15, -0.1) is 0 Å². The maximum atomic E-state index is 11.1. The molecule has 1 heterocycles. The molecule has 1 saturated heterocycles. The van der Waals surface area contributed by atoms with Gasteiger partial charge in [-0.1, -0.05) is 18.7 Å². The highest BCUT2D eigenvalue weighted by molar-refractivity contribution is 5.68. The zero-order valence-electron chi connectivity index (χ0n) is 19.3. The third-order valence-corrected chi connectivity index (χ3v) is 7.64. The molecule has 4 saturated carbocycles. The van der Waals surface area contributed by atoms with Crippen LogP contribution in [-0.2, 0) is 24.0 Å². The van der Waals surface area contributed by atoms with Gasteiger partial charge in [-0.05, 0) is 81.1 Å². The molecule has 6 heteroatoms. The van der Waals surface area contributed by atoms with Crippen molar-refractivity contribution in [2.45, 2.75) is 70.4 Å². The molecule has 1 aromatic rings. The zero-order chi connectivity index (χ0) is 22.5. The molecule has 1 aromatic carbocycles. The van der Waals surface area contributed by atoms with Crippen molar-refractivity contribution >= 4 is 11.5 Å². The second-order valence-corrected chi connectivity index (χ2v) is 10.7. The Labute approximate surface area is 190 Å². The molecule has 174 valence electrons. The van der Waals surface area contributed by atoms with Crippen LogP contribution in [-0.4, -0.2) is 36.7 Å². The maximum Gasteiger partial charge on any atom is 0.302 e. The van der Waals surface area contributed by atoms with Gasteiger partial charge in [-0.2, -0.15) is 4.89 Å². The van der Waals surface area contributed by atoms with Crippen molar-refractivity contribution in [3.63, 3.8) is 0 Å². The summed E-state index contributed by atoms with van der Waals surface area (Å²) in [5.74, 6) is 2.38. The van der Waals surface area contributed by atoms with E-state index in [1.165, 1.54) is 39.0 Å². The molecular formula is C26H34O6. The molecule has 0 radical (unpaired) electrons. The zero-order valence-corrected chi connectivity index (χ0v) is 19.3. The Morgan fingerprint density at radius 1 is 1.16 bits per heavy atom. The van der Waals surface area contributed by atoms with Crippen molar-refractivity contribution in [1.82, 2.24) is 0 Å². The molecule has 1 spiro atoms. The third-order valence-electron chi connectivity index (χ3n) is 7.64. The van der Waals surface area contributed by atoms with E-state index in [4.69, 9.17) is 24.0 Å². The molecular weight excluding hydrogens is 408 g/mol. The quantitative estimate of drug-likeness (QED) is 0.460. The molecule has 5 aliphatic rings. The van der Waals surface area contributed by atoms with E-state index in [-0.39, 0.29) is 18.7 Å². The highest BCUT2D eigenvalue weighted by Crippen LogP contribution is 2.60. The number of hydrogen-bond donors (Lipinski definition) is 0. The first kappa shape index (κ1) is 21.9. The number of rotatable bonds is 6. The molecule has 5 fully saturated rings. The summed E-state index contributed by atoms with van der Waals surface area (Å²) >= 11 is 0. The van der Waals surface area contributed by atoms with E-state index in [1.54, 1.807) is 0 Å². The fourth-order valence-corrected chi connectivity index (χ4v) is 6.33. The van der Waals surface area contributed by atoms with Gasteiger partial charge in [0.15, 0.2) is 0 Å². The second kappa shape index (κ2) is 8.15. The molecule has 6 rings (SSSR count). The predicted molar refractivity (Wildman–Crippen MR) is 119 cm³/mol. The number of ether oxygens (including phenoxy) is 3. The number of esters is 1. The van der Waals surface area contributed by atoms with Gasteiger partial charge in [-0.3, -0.25) is 4.79 Å². The van der Waals surface area contributed by atoms with Gasteiger partial charge in [0.1, 0.15) is 24.1 Å². The average molecular weight is 443 g/mol.